The van der Waals surface area contributed by atoms with Crippen molar-refractivity contribution in [3.8, 4) is 0 Å². The van der Waals surface area contributed by atoms with Crippen molar-refractivity contribution in [2.45, 2.75) is 45.1 Å². The molecule has 2 atom stereocenters. The molecule has 5 nitrogen and oxygen atoms in total. The Morgan fingerprint density at radius 1 is 1.26 bits per heavy atom. The minimum Gasteiger partial charge on any atom is -0.353 e. The SMILES string of the molecule is C[C@H]1CCCC[C@H]1NC(=O)Cc1nn(C)c(=O)c2ccccc12. The Balaban J connectivity index is 1.82. The molecule has 0 aliphatic heterocycles. The predicted molar refractivity (Wildman–Crippen MR) is 90.3 cm³/mol. The lowest BCUT2D eigenvalue weighted by molar-refractivity contribution is -0.121. The van der Waals surface area contributed by atoms with Gasteiger partial charge in [-0.25, -0.2) is 4.68 Å². The van der Waals surface area contributed by atoms with Gasteiger partial charge >= 0.3 is 0 Å². The van der Waals surface area contributed by atoms with E-state index in [0.717, 1.165) is 11.8 Å². The maximum absolute atomic E-state index is 12.4. The van der Waals surface area contributed by atoms with Gasteiger partial charge in [-0.1, -0.05) is 38.0 Å². The summed E-state index contributed by atoms with van der Waals surface area (Å²) in [4.78, 5) is 24.6. The number of aryl methyl sites for hydroxylation is 1. The molecule has 1 aromatic carbocycles. The third-order valence-electron chi connectivity index (χ3n) is 4.82. The third-order valence-corrected chi connectivity index (χ3v) is 4.82. The molecule has 1 aliphatic rings. The van der Waals surface area contributed by atoms with Crippen LogP contribution in [-0.2, 0) is 18.3 Å². The molecule has 1 fully saturated rings. The van der Waals surface area contributed by atoms with Crippen molar-refractivity contribution in [2.24, 2.45) is 13.0 Å². The number of hydrogen-bond acceptors (Lipinski definition) is 3. The smallest absolute Gasteiger partial charge is 0.274 e. The van der Waals surface area contributed by atoms with Gasteiger partial charge in [0.15, 0.2) is 0 Å². The quantitative estimate of drug-likeness (QED) is 0.944. The van der Waals surface area contributed by atoms with Gasteiger partial charge in [0.05, 0.1) is 17.5 Å². The summed E-state index contributed by atoms with van der Waals surface area (Å²) in [6.07, 6.45) is 4.86. The van der Waals surface area contributed by atoms with E-state index < -0.39 is 0 Å². The lowest BCUT2D eigenvalue weighted by atomic mass is 9.86. The first-order chi connectivity index (χ1) is 11.1. The minimum absolute atomic E-state index is 0.0138. The number of aromatic nitrogens is 2. The van der Waals surface area contributed by atoms with Gasteiger partial charge in [0.1, 0.15) is 0 Å². The lowest BCUT2D eigenvalue weighted by Crippen LogP contribution is -2.42. The molecule has 5 heteroatoms. The molecule has 0 radical (unpaired) electrons. The standard InChI is InChI=1S/C18H23N3O2/c1-12-7-3-6-10-15(12)19-17(22)11-16-13-8-4-5-9-14(13)18(23)21(2)20-16/h4-5,8-9,12,15H,3,6-7,10-11H2,1-2H3,(H,19,22)/t12-,15+/m0/s1. The van der Waals surface area contributed by atoms with Crippen LogP contribution in [-0.4, -0.2) is 21.7 Å². The van der Waals surface area contributed by atoms with Crippen LogP contribution in [0.5, 0.6) is 0 Å². The van der Waals surface area contributed by atoms with Crippen molar-refractivity contribution < 1.29 is 4.79 Å². The van der Waals surface area contributed by atoms with E-state index in [-0.39, 0.29) is 23.9 Å². The van der Waals surface area contributed by atoms with E-state index in [0.29, 0.717) is 17.0 Å². The highest BCUT2D eigenvalue weighted by Crippen LogP contribution is 2.24. The van der Waals surface area contributed by atoms with E-state index in [1.165, 1.54) is 23.9 Å². The molecule has 1 heterocycles. The second kappa shape index (κ2) is 6.52. The second-order valence-electron chi connectivity index (χ2n) is 6.53. The van der Waals surface area contributed by atoms with E-state index in [1.54, 1.807) is 13.1 Å². The molecule has 1 saturated carbocycles. The molecule has 122 valence electrons. The molecule has 1 amide bonds. The molecular formula is C18H23N3O2. The first kappa shape index (κ1) is 15.7. The lowest BCUT2D eigenvalue weighted by Gasteiger charge is -2.29. The van der Waals surface area contributed by atoms with Gasteiger partial charge in [0, 0.05) is 18.5 Å². The molecule has 0 spiro atoms. The topological polar surface area (TPSA) is 64.0 Å². The Kier molecular flexibility index (Phi) is 4.46. The summed E-state index contributed by atoms with van der Waals surface area (Å²) in [5.74, 6) is 0.512. The zero-order valence-corrected chi connectivity index (χ0v) is 13.7. The third kappa shape index (κ3) is 3.28. The molecule has 3 rings (SSSR count). The molecule has 1 aromatic heterocycles. The number of fused-ring (bicyclic) bond motifs is 1. The fraction of sp³-hybridized carbons (Fsp3) is 0.500. The van der Waals surface area contributed by atoms with E-state index in [2.05, 4.69) is 17.3 Å². The summed E-state index contributed by atoms with van der Waals surface area (Å²) < 4.78 is 1.31. The highest BCUT2D eigenvalue weighted by atomic mass is 16.2. The summed E-state index contributed by atoms with van der Waals surface area (Å²) in [5.41, 5.74) is 0.523. The van der Waals surface area contributed by atoms with Crippen molar-refractivity contribution in [1.29, 1.82) is 0 Å². The van der Waals surface area contributed by atoms with Gasteiger partial charge in [-0.05, 0) is 24.8 Å². The highest BCUT2D eigenvalue weighted by Gasteiger charge is 2.23. The fourth-order valence-corrected chi connectivity index (χ4v) is 3.45. The van der Waals surface area contributed by atoms with Gasteiger partial charge < -0.3 is 5.32 Å². The van der Waals surface area contributed by atoms with E-state index in [1.807, 2.05) is 18.2 Å². The van der Waals surface area contributed by atoms with Crippen LogP contribution < -0.4 is 10.9 Å². The van der Waals surface area contributed by atoms with Crippen LogP contribution in [0.4, 0.5) is 0 Å². The van der Waals surface area contributed by atoms with Crippen LogP contribution in [0, 0.1) is 5.92 Å². The first-order valence-corrected chi connectivity index (χ1v) is 8.30. The first-order valence-electron chi connectivity index (χ1n) is 8.30. The van der Waals surface area contributed by atoms with E-state index in [9.17, 15) is 9.59 Å². The van der Waals surface area contributed by atoms with Crippen LogP contribution in [0.15, 0.2) is 29.1 Å². The maximum Gasteiger partial charge on any atom is 0.274 e. The zero-order valence-electron chi connectivity index (χ0n) is 13.7. The normalized spacial score (nSPS) is 21.3. The van der Waals surface area contributed by atoms with Gasteiger partial charge in [-0.15, -0.1) is 0 Å². The molecule has 0 unspecified atom stereocenters. The number of carbonyl (C=O) groups is 1. The Hall–Kier alpha value is -2.17. The van der Waals surface area contributed by atoms with Gasteiger partial charge in [-0.2, -0.15) is 5.10 Å². The Labute approximate surface area is 135 Å². The molecule has 0 bridgehead atoms. The number of carbonyl (C=O) groups excluding carboxylic acids is 1. The van der Waals surface area contributed by atoms with Crippen LogP contribution in [0.2, 0.25) is 0 Å². The van der Waals surface area contributed by atoms with E-state index >= 15 is 0 Å². The van der Waals surface area contributed by atoms with Gasteiger partial charge in [0.2, 0.25) is 5.91 Å². The van der Waals surface area contributed by atoms with Crippen LogP contribution >= 0.6 is 0 Å². The average molecular weight is 313 g/mol. The fourth-order valence-electron chi connectivity index (χ4n) is 3.45. The van der Waals surface area contributed by atoms with Crippen molar-refractivity contribution in [3.63, 3.8) is 0 Å². The molecule has 1 N–H and O–H groups in total. The molecule has 23 heavy (non-hydrogen) atoms. The summed E-state index contributed by atoms with van der Waals surface area (Å²) in [6.45, 7) is 2.20. The van der Waals surface area contributed by atoms with Crippen molar-refractivity contribution in [3.05, 3.63) is 40.3 Å². The number of nitrogens with zero attached hydrogens (tertiary/aromatic N) is 2. The summed E-state index contributed by atoms with van der Waals surface area (Å²) >= 11 is 0. The molecule has 0 saturated heterocycles. The predicted octanol–water partition coefficient (Wildman–Crippen LogP) is 2.17. The Bertz CT molecular complexity index is 781. The van der Waals surface area contributed by atoms with Crippen LogP contribution in [0.1, 0.15) is 38.3 Å². The van der Waals surface area contributed by atoms with Crippen LogP contribution in [0.25, 0.3) is 10.8 Å². The van der Waals surface area contributed by atoms with Crippen molar-refractivity contribution in [1.82, 2.24) is 15.1 Å². The van der Waals surface area contributed by atoms with Crippen molar-refractivity contribution in [2.75, 3.05) is 0 Å². The molecular weight excluding hydrogens is 290 g/mol. The Morgan fingerprint density at radius 3 is 2.70 bits per heavy atom. The van der Waals surface area contributed by atoms with Crippen LogP contribution in [0.3, 0.4) is 0 Å². The summed E-state index contributed by atoms with van der Waals surface area (Å²) in [5, 5.41) is 8.82. The van der Waals surface area contributed by atoms with Gasteiger partial charge in [-0.3, -0.25) is 9.59 Å². The molecule has 2 aromatic rings. The average Bonchev–Trinajstić information content (AvgIpc) is 2.54. The Morgan fingerprint density at radius 2 is 1.96 bits per heavy atom. The largest absolute Gasteiger partial charge is 0.353 e. The van der Waals surface area contributed by atoms with Crippen molar-refractivity contribution >= 4 is 16.7 Å². The number of nitrogens with one attached hydrogen (secondary N) is 1. The molecule has 1 aliphatic carbocycles. The number of benzene rings is 1. The monoisotopic (exact) mass is 313 g/mol. The maximum atomic E-state index is 12.4. The summed E-state index contributed by atoms with van der Waals surface area (Å²) in [6, 6.07) is 7.60. The number of rotatable bonds is 3. The van der Waals surface area contributed by atoms with Gasteiger partial charge in [0.25, 0.3) is 5.56 Å². The van der Waals surface area contributed by atoms with E-state index in [4.69, 9.17) is 0 Å². The number of hydrogen-bond donors (Lipinski definition) is 1. The number of amides is 1. The zero-order chi connectivity index (χ0) is 16.4. The second-order valence-corrected chi connectivity index (χ2v) is 6.53. The minimum atomic E-state index is -0.134. The highest BCUT2D eigenvalue weighted by molar-refractivity contribution is 5.88. The summed E-state index contributed by atoms with van der Waals surface area (Å²) in [7, 11) is 1.62.